The molecule has 144 valence electrons. The Balaban J connectivity index is 1.48. The lowest BCUT2D eigenvalue weighted by Gasteiger charge is -2.33. The van der Waals surface area contributed by atoms with Crippen LogP contribution < -0.4 is 5.43 Å². The molecule has 7 nitrogen and oxygen atoms in total. The van der Waals surface area contributed by atoms with Crippen molar-refractivity contribution in [3.63, 3.8) is 0 Å². The normalized spacial score (nSPS) is 16.6. The van der Waals surface area contributed by atoms with Crippen LogP contribution in [0.3, 0.4) is 0 Å². The maximum Gasteiger partial charge on any atom is 0.254 e. The number of hydrogen-bond donors (Lipinski definition) is 1. The molecule has 1 amide bonds. The van der Waals surface area contributed by atoms with Gasteiger partial charge in [0.05, 0.1) is 17.7 Å². The number of aryl methyl sites for hydroxylation is 1. The van der Waals surface area contributed by atoms with Gasteiger partial charge in [-0.2, -0.15) is 9.41 Å². The lowest BCUT2D eigenvalue weighted by atomic mass is 10.2. The molecule has 1 aromatic heterocycles. The molecule has 0 radical (unpaired) electrons. The van der Waals surface area contributed by atoms with E-state index in [0.29, 0.717) is 31.1 Å². The first-order chi connectivity index (χ1) is 12.9. The standard InChI is InChI=1S/C18H22N4O3S2/c1-15-4-6-17(7-5-15)27(24,25)22-10-8-21(9-11-22)14-18(23)20-19-13-16-3-2-12-26-16/h2-7,12-13H,8-11,14H2,1H3,(H,20,23). The third-order valence-corrected chi connectivity index (χ3v) is 7.00. The van der Waals surface area contributed by atoms with E-state index in [0.717, 1.165) is 10.4 Å². The summed E-state index contributed by atoms with van der Waals surface area (Å²) in [4.78, 5) is 15.2. The number of hydrazone groups is 1. The highest BCUT2D eigenvalue weighted by atomic mass is 32.2. The maximum absolute atomic E-state index is 12.7. The van der Waals surface area contributed by atoms with Crippen molar-refractivity contribution in [1.29, 1.82) is 0 Å². The highest BCUT2D eigenvalue weighted by molar-refractivity contribution is 7.89. The second kappa shape index (κ2) is 8.75. The highest BCUT2D eigenvalue weighted by Gasteiger charge is 2.28. The summed E-state index contributed by atoms with van der Waals surface area (Å²) in [5, 5.41) is 5.87. The molecule has 9 heteroatoms. The molecule has 27 heavy (non-hydrogen) atoms. The number of carbonyl (C=O) groups excluding carboxylic acids is 1. The van der Waals surface area contributed by atoms with Gasteiger partial charge in [0, 0.05) is 31.1 Å². The number of piperazine rings is 1. The Kier molecular flexibility index (Phi) is 6.38. The second-order valence-corrected chi connectivity index (χ2v) is 9.22. The first-order valence-corrected chi connectivity index (χ1v) is 10.9. The quantitative estimate of drug-likeness (QED) is 0.582. The average molecular weight is 407 g/mol. The summed E-state index contributed by atoms with van der Waals surface area (Å²) in [7, 11) is -3.49. The van der Waals surface area contributed by atoms with Crippen LogP contribution in [-0.4, -0.2) is 62.5 Å². The Bertz CT molecular complexity index is 885. The van der Waals surface area contributed by atoms with E-state index in [4.69, 9.17) is 0 Å². The first-order valence-electron chi connectivity index (χ1n) is 8.60. The van der Waals surface area contributed by atoms with Crippen molar-refractivity contribution in [2.75, 3.05) is 32.7 Å². The number of rotatable bonds is 6. The van der Waals surface area contributed by atoms with Crippen molar-refractivity contribution in [2.45, 2.75) is 11.8 Å². The van der Waals surface area contributed by atoms with E-state index in [1.807, 2.05) is 29.3 Å². The summed E-state index contributed by atoms with van der Waals surface area (Å²) in [5.41, 5.74) is 3.52. The van der Waals surface area contributed by atoms with Crippen molar-refractivity contribution >= 4 is 33.5 Å². The summed E-state index contributed by atoms with van der Waals surface area (Å²) in [5.74, 6) is -0.211. The van der Waals surface area contributed by atoms with Gasteiger partial charge in [-0.05, 0) is 30.5 Å². The van der Waals surface area contributed by atoms with Crippen LogP contribution in [0.5, 0.6) is 0 Å². The minimum absolute atomic E-state index is 0.195. The molecule has 2 heterocycles. The van der Waals surface area contributed by atoms with Gasteiger partial charge in [-0.3, -0.25) is 9.69 Å². The van der Waals surface area contributed by atoms with Gasteiger partial charge in [-0.25, -0.2) is 13.8 Å². The fourth-order valence-electron chi connectivity index (χ4n) is 2.76. The summed E-state index contributed by atoms with van der Waals surface area (Å²) in [6.07, 6.45) is 1.61. The summed E-state index contributed by atoms with van der Waals surface area (Å²) in [6, 6.07) is 10.7. The summed E-state index contributed by atoms with van der Waals surface area (Å²) in [6.45, 7) is 3.86. The molecular weight excluding hydrogens is 384 g/mol. The van der Waals surface area contributed by atoms with Crippen molar-refractivity contribution in [3.05, 3.63) is 52.2 Å². The second-order valence-electron chi connectivity index (χ2n) is 6.30. The van der Waals surface area contributed by atoms with Crippen molar-refractivity contribution in [2.24, 2.45) is 5.10 Å². The number of nitrogens with one attached hydrogen (secondary N) is 1. The van der Waals surface area contributed by atoms with Gasteiger partial charge in [0.1, 0.15) is 0 Å². The predicted octanol–water partition coefficient (Wildman–Crippen LogP) is 1.51. The summed E-state index contributed by atoms with van der Waals surface area (Å²) < 4.78 is 26.9. The Morgan fingerprint density at radius 1 is 1.19 bits per heavy atom. The van der Waals surface area contributed by atoms with Gasteiger partial charge in [0.2, 0.25) is 10.0 Å². The van der Waals surface area contributed by atoms with Crippen LogP contribution in [0.15, 0.2) is 51.8 Å². The monoisotopic (exact) mass is 406 g/mol. The number of benzene rings is 1. The fourth-order valence-corrected chi connectivity index (χ4v) is 4.77. The Labute approximate surface area is 163 Å². The van der Waals surface area contributed by atoms with E-state index < -0.39 is 10.0 Å². The zero-order chi connectivity index (χ0) is 19.3. The van der Waals surface area contributed by atoms with Crippen molar-refractivity contribution in [3.8, 4) is 0 Å². The lowest BCUT2D eigenvalue weighted by molar-refractivity contribution is -0.122. The molecule has 1 aliphatic rings. The molecule has 1 N–H and O–H groups in total. The molecule has 0 spiro atoms. The molecule has 0 atom stereocenters. The van der Waals surface area contributed by atoms with Crippen LogP contribution in [0.1, 0.15) is 10.4 Å². The first kappa shape index (κ1) is 19.7. The van der Waals surface area contributed by atoms with Gasteiger partial charge in [0.15, 0.2) is 0 Å². The molecule has 1 saturated heterocycles. The number of amides is 1. The molecule has 1 fully saturated rings. The van der Waals surface area contributed by atoms with Gasteiger partial charge >= 0.3 is 0 Å². The largest absolute Gasteiger partial charge is 0.292 e. The summed E-state index contributed by atoms with van der Waals surface area (Å²) >= 11 is 1.54. The highest BCUT2D eigenvalue weighted by Crippen LogP contribution is 2.18. The van der Waals surface area contributed by atoms with Crippen LogP contribution in [0.25, 0.3) is 0 Å². The van der Waals surface area contributed by atoms with E-state index in [2.05, 4.69) is 10.5 Å². The Hall–Kier alpha value is -2.07. The SMILES string of the molecule is Cc1ccc(S(=O)(=O)N2CCN(CC(=O)NN=Cc3cccs3)CC2)cc1. The van der Waals surface area contributed by atoms with Gasteiger partial charge in [0.25, 0.3) is 5.91 Å². The lowest BCUT2D eigenvalue weighted by Crippen LogP contribution is -2.50. The molecule has 2 aromatic rings. The van der Waals surface area contributed by atoms with Crippen LogP contribution in [0, 0.1) is 6.92 Å². The zero-order valence-corrected chi connectivity index (χ0v) is 16.7. The van der Waals surface area contributed by atoms with E-state index in [9.17, 15) is 13.2 Å². The molecule has 0 saturated carbocycles. The van der Waals surface area contributed by atoms with E-state index >= 15 is 0 Å². The fraction of sp³-hybridized carbons (Fsp3) is 0.333. The van der Waals surface area contributed by atoms with Gasteiger partial charge < -0.3 is 0 Å². The molecular formula is C18H22N4O3S2. The van der Waals surface area contributed by atoms with E-state index in [1.54, 1.807) is 30.5 Å². The number of nitrogens with zero attached hydrogens (tertiary/aromatic N) is 3. The average Bonchev–Trinajstić information content (AvgIpc) is 3.16. The van der Waals surface area contributed by atoms with Crippen LogP contribution >= 0.6 is 11.3 Å². The Morgan fingerprint density at radius 3 is 2.52 bits per heavy atom. The molecule has 0 aliphatic carbocycles. The topological polar surface area (TPSA) is 82.1 Å². The van der Waals surface area contributed by atoms with Gasteiger partial charge in [-0.15, -0.1) is 11.3 Å². The molecule has 0 unspecified atom stereocenters. The smallest absolute Gasteiger partial charge is 0.254 e. The number of hydrogen-bond acceptors (Lipinski definition) is 6. The Morgan fingerprint density at radius 2 is 1.89 bits per heavy atom. The molecule has 3 rings (SSSR count). The number of carbonyl (C=O) groups is 1. The maximum atomic E-state index is 12.7. The molecule has 1 aliphatic heterocycles. The third-order valence-electron chi connectivity index (χ3n) is 4.28. The van der Waals surface area contributed by atoms with Crippen LogP contribution in [0.2, 0.25) is 0 Å². The van der Waals surface area contributed by atoms with E-state index in [1.165, 1.54) is 15.6 Å². The van der Waals surface area contributed by atoms with Crippen LogP contribution in [0.4, 0.5) is 0 Å². The third kappa shape index (κ3) is 5.23. The van der Waals surface area contributed by atoms with Crippen molar-refractivity contribution in [1.82, 2.24) is 14.6 Å². The van der Waals surface area contributed by atoms with Crippen LogP contribution in [-0.2, 0) is 14.8 Å². The number of sulfonamides is 1. The van der Waals surface area contributed by atoms with Crippen molar-refractivity contribution < 1.29 is 13.2 Å². The molecule has 0 bridgehead atoms. The van der Waals surface area contributed by atoms with E-state index in [-0.39, 0.29) is 12.5 Å². The number of thiophene rings is 1. The minimum atomic E-state index is -3.49. The zero-order valence-electron chi connectivity index (χ0n) is 15.0. The van der Waals surface area contributed by atoms with Gasteiger partial charge in [-0.1, -0.05) is 23.8 Å². The minimum Gasteiger partial charge on any atom is -0.292 e. The predicted molar refractivity (Wildman–Crippen MR) is 106 cm³/mol. The molecule has 1 aromatic carbocycles.